The lowest BCUT2D eigenvalue weighted by Crippen LogP contribution is -2.15. The van der Waals surface area contributed by atoms with Gasteiger partial charge in [0.15, 0.2) is 0 Å². The molecule has 0 radical (unpaired) electrons. The number of ether oxygens (including phenoxy) is 1. The molecular weight excluding hydrogens is 374 g/mol. The van der Waals surface area contributed by atoms with Gasteiger partial charge >= 0.3 is 5.97 Å². The molecule has 0 atom stereocenters. The van der Waals surface area contributed by atoms with Crippen molar-refractivity contribution in [3.63, 3.8) is 0 Å². The zero-order valence-corrected chi connectivity index (χ0v) is 16.5. The summed E-state index contributed by atoms with van der Waals surface area (Å²) in [5, 5.41) is 0. The van der Waals surface area contributed by atoms with Crippen LogP contribution in [0.1, 0.15) is 27.0 Å². The Kier molecular flexibility index (Phi) is 5.80. The van der Waals surface area contributed by atoms with E-state index in [9.17, 15) is 13.2 Å². The average molecular weight is 395 g/mol. The van der Waals surface area contributed by atoms with Crippen LogP contribution >= 0.6 is 0 Å². The van der Waals surface area contributed by atoms with Crippen molar-refractivity contribution >= 4 is 21.7 Å². The molecule has 6 heteroatoms. The molecule has 28 heavy (non-hydrogen) atoms. The Hall–Kier alpha value is -3.12. The second-order valence-electron chi connectivity index (χ2n) is 6.51. The van der Waals surface area contributed by atoms with E-state index in [0.717, 1.165) is 11.1 Å². The van der Waals surface area contributed by atoms with Crippen LogP contribution in [0.15, 0.2) is 77.7 Å². The third-order valence-corrected chi connectivity index (χ3v) is 5.75. The largest absolute Gasteiger partial charge is 0.457 e. The molecule has 0 saturated carbocycles. The van der Waals surface area contributed by atoms with Crippen molar-refractivity contribution in [1.29, 1.82) is 0 Å². The average Bonchev–Trinajstić information content (AvgIpc) is 2.69. The lowest BCUT2D eigenvalue weighted by Gasteiger charge is -2.12. The van der Waals surface area contributed by atoms with Crippen LogP contribution < -0.4 is 4.72 Å². The third kappa shape index (κ3) is 4.78. The van der Waals surface area contributed by atoms with E-state index in [1.54, 1.807) is 31.2 Å². The van der Waals surface area contributed by atoms with E-state index in [1.165, 1.54) is 6.07 Å². The van der Waals surface area contributed by atoms with Gasteiger partial charge in [-0.3, -0.25) is 4.72 Å². The van der Waals surface area contributed by atoms with E-state index < -0.39 is 16.0 Å². The Morgan fingerprint density at radius 1 is 0.929 bits per heavy atom. The summed E-state index contributed by atoms with van der Waals surface area (Å²) in [5.74, 6) is -0.573. The molecule has 0 heterocycles. The Balaban J connectivity index is 1.80. The summed E-state index contributed by atoms with van der Waals surface area (Å²) < 4.78 is 33.4. The first-order chi connectivity index (χ1) is 13.3. The maximum Gasteiger partial charge on any atom is 0.338 e. The Bertz CT molecular complexity index is 1080. The lowest BCUT2D eigenvalue weighted by molar-refractivity contribution is 0.0472. The molecule has 0 aromatic heterocycles. The molecule has 0 saturated heterocycles. The van der Waals surface area contributed by atoms with Gasteiger partial charge in [0.1, 0.15) is 6.61 Å². The minimum atomic E-state index is -3.84. The van der Waals surface area contributed by atoms with Gasteiger partial charge in [-0.15, -0.1) is 0 Å². The molecule has 0 amide bonds. The van der Waals surface area contributed by atoms with Crippen LogP contribution in [0.3, 0.4) is 0 Å². The van der Waals surface area contributed by atoms with Crippen molar-refractivity contribution in [2.24, 2.45) is 0 Å². The van der Waals surface area contributed by atoms with Gasteiger partial charge in [-0.1, -0.05) is 54.1 Å². The van der Waals surface area contributed by atoms with E-state index in [4.69, 9.17) is 4.74 Å². The number of aryl methyl sites for hydroxylation is 2. The molecule has 3 rings (SSSR count). The number of carbonyl (C=O) groups excluding carboxylic acids is 1. The van der Waals surface area contributed by atoms with Gasteiger partial charge in [0.25, 0.3) is 10.0 Å². The van der Waals surface area contributed by atoms with Gasteiger partial charge in [-0.05, 0) is 49.2 Å². The van der Waals surface area contributed by atoms with Crippen LogP contribution in [0, 0.1) is 13.8 Å². The molecule has 5 nitrogen and oxygen atoms in total. The standard InChI is InChI=1S/C22H21NO4S/c1-16-8-12-20(13-9-16)23-28(25,26)21-14-19(11-10-17(21)2)22(24)27-15-18-6-4-3-5-7-18/h3-14,23H,15H2,1-2H3. The van der Waals surface area contributed by atoms with E-state index in [-0.39, 0.29) is 17.1 Å². The maximum absolute atomic E-state index is 12.8. The number of hydrogen-bond donors (Lipinski definition) is 1. The van der Waals surface area contributed by atoms with Crippen LogP contribution in [-0.4, -0.2) is 14.4 Å². The highest BCUT2D eigenvalue weighted by atomic mass is 32.2. The van der Waals surface area contributed by atoms with Crippen molar-refractivity contribution in [1.82, 2.24) is 0 Å². The van der Waals surface area contributed by atoms with Gasteiger partial charge < -0.3 is 4.74 Å². The number of benzene rings is 3. The molecule has 0 bridgehead atoms. The molecule has 3 aromatic carbocycles. The predicted octanol–water partition coefficient (Wildman–Crippen LogP) is 4.46. The molecule has 0 fully saturated rings. The Labute approximate surface area is 165 Å². The monoisotopic (exact) mass is 395 g/mol. The highest BCUT2D eigenvalue weighted by Gasteiger charge is 2.20. The Morgan fingerprint density at radius 2 is 1.61 bits per heavy atom. The third-order valence-electron chi connectivity index (χ3n) is 4.23. The smallest absolute Gasteiger partial charge is 0.338 e. The van der Waals surface area contributed by atoms with E-state index >= 15 is 0 Å². The summed E-state index contributed by atoms with van der Waals surface area (Å²) in [6, 6.07) is 20.8. The van der Waals surface area contributed by atoms with E-state index in [1.807, 2.05) is 49.4 Å². The van der Waals surface area contributed by atoms with Crippen LogP contribution in [0.2, 0.25) is 0 Å². The Morgan fingerprint density at radius 3 is 2.29 bits per heavy atom. The topological polar surface area (TPSA) is 72.5 Å². The molecule has 0 aliphatic heterocycles. The quantitative estimate of drug-likeness (QED) is 0.626. The van der Waals surface area contributed by atoms with Gasteiger partial charge in [-0.25, -0.2) is 13.2 Å². The molecule has 144 valence electrons. The maximum atomic E-state index is 12.8. The summed E-state index contributed by atoms with van der Waals surface area (Å²) in [7, 11) is -3.84. The van der Waals surface area contributed by atoms with Crippen LogP contribution in [0.5, 0.6) is 0 Å². The fourth-order valence-electron chi connectivity index (χ4n) is 2.65. The second kappa shape index (κ2) is 8.27. The molecular formula is C22H21NO4S. The summed E-state index contributed by atoms with van der Waals surface area (Å²) in [6.45, 7) is 3.73. The fourth-order valence-corrected chi connectivity index (χ4v) is 3.99. The molecule has 0 aliphatic carbocycles. The van der Waals surface area contributed by atoms with Crippen molar-refractivity contribution in [2.75, 3.05) is 4.72 Å². The zero-order chi connectivity index (χ0) is 20.1. The molecule has 3 aromatic rings. The predicted molar refractivity (Wildman–Crippen MR) is 109 cm³/mol. The van der Waals surface area contributed by atoms with Crippen LogP contribution in [-0.2, 0) is 21.4 Å². The van der Waals surface area contributed by atoms with Crippen molar-refractivity contribution in [3.05, 3.63) is 95.1 Å². The second-order valence-corrected chi connectivity index (χ2v) is 8.16. The minimum Gasteiger partial charge on any atom is -0.457 e. The summed E-state index contributed by atoms with van der Waals surface area (Å²) in [5.41, 5.74) is 3.08. The van der Waals surface area contributed by atoms with E-state index in [0.29, 0.717) is 11.3 Å². The number of nitrogens with one attached hydrogen (secondary N) is 1. The van der Waals surface area contributed by atoms with Crippen molar-refractivity contribution < 1.29 is 17.9 Å². The molecule has 0 spiro atoms. The van der Waals surface area contributed by atoms with E-state index in [2.05, 4.69) is 4.72 Å². The van der Waals surface area contributed by atoms with Crippen LogP contribution in [0.25, 0.3) is 0 Å². The first-order valence-corrected chi connectivity index (χ1v) is 10.2. The summed E-state index contributed by atoms with van der Waals surface area (Å²) in [6.07, 6.45) is 0. The normalized spacial score (nSPS) is 11.1. The zero-order valence-electron chi connectivity index (χ0n) is 15.7. The number of hydrogen-bond acceptors (Lipinski definition) is 4. The number of esters is 1. The van der Waals surface area contributed by atoms with Crippen molar-refractivity contribution in [3.8, 4) is 0 Å². The highest BCUT2D eigenvalue weighted by Crippen LogP contribution is 2.22. The number of sulfonamides is 1. The molecule has 0 aliphatic rings. The van der Waals surface area contributed by atoms with Crippen molar-refractivity contribution in [2.45, 2.75) is 25.3 Å². The molecule has 0 unspecified atom stereocenters. The number of anilines is 1. The van der Waals surface area contributed by atoms with Gasteiger partial charge in [0.05, 0.1) is 10.5 Å². The van der Waals surface area contributed by atoms with Crippen LogP contribution in [0.4, 0.5) is 5.69 Å². The number of carbonyl (C=O) groups is 1. The van der Waals surface area contributed by atoms with Gasteiger partial charge in [0.2, 0.25) is 0 Å². The van der Waals surface area contributed by atoms with Gasteiger partial charge in [0, 0.05) is 5.69 Å². The first kappa shape index (κ1) is 19.6. The summed E-state index contributed by atoms with van der Waals surface area (Å²) in [4.78, 5) is 12.4. The number of rotatable bonds is 6. The lowest BCUT2D eigenvalue weighted by atomic mass is 10.1. The SMILES string of the molecule is Cc1ccc(NS(=O)(=O)c2cc(C(=O)OCc3ccccc3)ccc2C)cc1. The summed E-state index contributed by atoms with van der Waals surface area (Å²) >= 11 is 0. The first-order valence-electron chi connectivity index (χ1n) is 8.76. The highest BCUT2D eigenvalue weighted by molar-refractivity contribution is 7.92. The fraction of sp³-hybridized carbons (Fsp3) is 0.136. The molecule has 1 N–H and O–H groups in total. The minimum absolute atomic E-state index is 0.0437. The van der Waals surface area contributed by atoms with Gasteiger partial charge in [-0.2, -0.15) is 0 Å².